The molecule has 0 spiro atoms. The number of methoxy groups -OCH3 is 1. The van der Waals surface area contributed by atoms with Crippen molar-refractivity contribution in [3.8, 4) is 0 Å². The highest BCUT2D eigenvalue weighted by Gasteiger charge is 2.56. The number of aliphatic imine (C=N–C) groups is 1. The molecule has 0 aromatic carbocycles. The van der Waals surface area contributed by atoms with Gasteiger partial charge in [-0.25, -0.2) is 0 Å². The van der Waals surface area contributed by atoms with E-state index in [1.165, 1.54) is 11.1 Å². The van der Waals surface area contributed by atoms with Crippen LogP contribution in [0.25, 0.3) is 0 Å². The van der Waals surface area contributed by atoms with Gasteiger partial charge in [0.15, 0.2) is 18.5 Å². The van der Waals surface area contributed by atoms with Crippen LogP contribution >= 0.6 is 0 Å². The quantitative estimate of drug-likeness (QED) is 0.143. The van der Waals surface area contributed by atoms with Gasteiger partial charge in [0.25, 0.3) is 0 Å². The molecule has 0 bridgehead atoms. The fraction of sp³-hybridized carbons (Fsp3) is 0.833. The number of ether oxygens (including phenoxy) is 5. The normalized spacial score (nSPS) is 44.1. The van der Waals surface area contributed by atoms with Gasteiger partial charge in [0.1, 0.15) is 12.2 Å². The summed E-state index contributed by atoms with van der Waals surface area (Å²) in [6, 6.07) is 0. The second-order valence-electron chi connectivity index (χ2n) is 12.9. The van der Waals surface area contributed by atoms with Crippen molar-refractivity contribution in [2.45, 2.75) is 90.4 Å². The SMILES string of the molecule is COC[C@H]1CC[C@@H]2/C1=C\[C@@]1(C)CCC(C(C)C)=C1[C@@H](O[C@H]1O[C@@H]3CO[C@@H](OCCN=C(N)N)C3C1O)[C@H](O)[C@@H]2C. The molecule has 2 heterocycles. The summed E-state index contributed by atoms with van der Waals surface area (Å²) in [5.41, 5.74) is 14.5. The van der Waals surface area contributed by atoms with E-state index < -0.39 is 36.8 Å². The molecule has 1 saturated carbocycles. The van der Waals surface area contributed by atoms with Gasteiger partial charge in [-0.05, 0) is 49.0 Å². The van der Waals surface area contributed by atoms with E-state index in [-0.39, 0.29) is 35.9 Å². The Morgan fingerprint density at radius 1 is 1.20 bits per heavy atom. The van der Waals surface area contributed by atoms with E-state index in [0.717, 1.165) is 31.3 Å². The van der Waals surface area contributed by atoms with Crippen LogP contribution in [0.4, 0.5) is 0 Å². The highest BCUT2D eigenvalue weighted by Crippen LogP contribution is 2.56. The van der Waals surface area contributed by atoms with Gasteiger partial charge < -0.3 is 45.4 Å². The number of aliphatic hydroxyl groups excluding tert-OH is 2. The second kappa shape index (κ2) is 12.0. The second-order valence-corrected chi connectivity index (χ2v) is 12.9. The minimum Gasteiger partial charge on any atom is -0.390 e. The third-order valence-corrected chi connectivity index (χ3v) is 10.0. The maximum absolute atomic E-state index is 12.0. The molecule has 5 rings (SSSR count). The fourth-order valence-electron chi connectivity index (χ4n) is 7.97. The van der Waals surface area contributed by atoms with Gasteiger partial charge in [-0.1, -0.05) is 44.9 Å². The summed E-state index contributed by atoms with van der Waals surface area (Å²) in [5.74, 6) is 0.553. The van der Waals surface area contributed by atoms with Crippen molar-refractivity contribution < 1.29 is 33.9 Å². The molecule has 10 nitrogen and oxygen atoms in total. The zero-order valence-electron chi connectivity index (χ0n) is 24.6. The fourth-order valence-corrected chi connectivity index (χ4v) is 7.97. The average Bonchev–Trinajstić information content (AvgIpc) is 3.64. The lowest BCUT2D eigenvalue weighted by Gasteiger charge is -2.43. The van der Waals surface area contributed by atoms with Crippen LogP contribution in [-0.2, 0) is 23.7 Å². The van der Waals surface area contributed by atoms with Crippen LogP contribution in [0.15, 0.2) is 27.8 Å². The minimum atomic E-state index is -0.965. The topological polar surface area (TPSA) is 151 Å². The Kier molecular flexibility index (Phi) is 8.98. The number of aliphatic hydroxyl groups is 2. The highest BCUT2D eigenvalue weighted by atomic mass is 16.7. The van der Waals surface area contributed by atoms with Gasteiger partial charge >= 0.3 is 0 Å². The lowest BCUT2D eigenvalue weighted by molar-refractivity contribution is -0.224. The third-order valence-electron chi connectivity index (χ3n) is 10.0. The highest BCUT2D eigenvalue weighted by molar-refractivity contribution is 5.75. The Labute approximate surface area is 238 Å². The monoisotopic (exact) mass is 563 g/mol. The average molecular weight is 564 g/mol. The molecule has 0 amide bonds. The molecule has 5 aliphatic rings. The summed E-state index contributed by atoms with van der Waals surface area (Å²) in [6.45, 7) is 10.4. The Morgan fingerprint density at radius 3 is 2.67 bits per heavy atom. The number of nitrogens with two attached hydrogens (primary N) is 2. The molecule has 2 saturated heterocycles. The van der Waals surface area contributed by atoms with Crippen molar-refractivity contribution in [3.05, 3.63) is 22.8 Å². The number of rotatable bonds is 9. The zero-order valence-corrected chi connectivity index (χ0v) is 24.6. The number of hydrogen-bond acceptors (Lipinski definition) is 8. The van der Waals surface area contributed by atoms with Gasteiger partial charge in [-0.3, -0.25) is 4.99 Å². The molecular weight excluding hydrogens is 514 g/mol. The summed E-state index contributed by atoms with van der Waals surface area (Å²) in [4.78, 5) is 3.94. The van der Waals surface area contributed by atoms with Gasteiger partial charge in [0, 0.05) is 18.4 Å². The lowest BCUT2D eigenvalue weighted by Crippen LogP contribution is -2.47. The molecule has 3 fully saturated rings. The van der Waals surface area contributed by atoms with Crippen LogP contribution in [-0.4, -0.2) is 86.6 Å². The van der Waals surface area contributed by atoms with Gasteiger partial charge in [0.05, 0.1) is 44.5 Å². The van der Waals surface area contributed by atoms with Crippen molar-refractivity contribution in [1.29, 1.82) is 0 Å². The molecule has 0 aromatic rings. The van der Waals surface area contributed by atoms with E-state index in [2.05, 4.69) is 38.8 Å². The Hall–Kier alpha value is -1.53. The molecule has 40 heavy (non-hydrogen) atoms. The smallest absolute Gasteiger partial charge is 0.185 e. The summed E-state index contributed by atoms with van der Waals surface area (Å²) >= 11 is 0. The Morgan fingerprint density at radius 2 is 1.98 bits per heavy atom. The van der Waals surface area contributed by atoms with E-state index >= 15 is 0 Å². The standard InChI is InChI=1S/C30H49N3O7/c1-15(2)18-8-9-30(4)12-20-17(13-36-5)6-7-19(20)16(3)24(34)26(23(18)30)40-28-25(35)22-21(39-28)14-38-27(22)37-11-10-33-29(31)32/h12,15-17,19,21-22,24-28,34-35H,6-11,13-14H2,1-5H3,(H4,31,32,33)/b20-12-/t16-,17-,19+,21-,22?,24-,25?,26-,27-,28-,30-/m1/s1. The number of hydrogen-bond donors (Lipinski definition) is 4. The summed E-state index contributed by atoms with van der Waals surface area (Å²) in [5, 5.41) is 23.4. The van der Waals surface area contributed by atoms with E-state index in [0.29, 0.717) is 31.6 Å². The van der Waals surface area contributed by atoms with Crippen molar-refractivity contribution in [2.24, 2.45) is 51.5 Å². The summed E-state index contributed by atoms with van der Waals surface area (Å²) < 4.78 is 30.2. The molecule has 0 aromatic heterocycles. The molecule has 11 atom stereocenters. The summed E-state index contributed by atoms with van der Waals surface area (Å²) in [7, 11) is 1.77. The largest absolute Gasteiger partial charge is 0.390 e. The number of nitrogens with zero attached hydrogens (tertiary/aromatic N) is 1. The molecule has 226 valence electrons. The first-order chi connectivity index (χ1) is 19.1. The van der Waals surface area contributed by atoms with E-state index in [1.54, 1.807) is 7.11 Å². The van der Waals surface area contributed by atoms with Gasteiger partial charge in [-0.2, -0.15) is 0 Å². The molecule has 6 N–H and O–H groups in total. The predicted octanol–water partition coefficient (Wildman–Crippen LogP) is 2.08. The number of allylic oxidation sites excluding steroid dienone is 2. The number of guanidine groups is 1. The van der Waals surface area contributed by atoms with Crippen molar-refractivity contribution in [1.82, 2.24) is 0 Å². The van der Waals surface area contributed by atoms with Crippen molar-refractivity contribution in [3.63, 3.8) is 0 Å². The van der Waals surface area contributed by atoms with Crippen LogP contribution in [0, 0.1) is 35.0 Å². The maximum Gasteiger partial charge on any atom is 0.185 e. The van der Waals surface area contributed by atoms with E-state index in [4.69, 9.17) is 35.2 Å². The van der Waals surface area contributed by atoms with Crippen LogP contribution in [0.2, 0.25) is 0 Å². The molecule has 3 aliphatic carbocycles. The van der Waals surface area contributed by atoms with Crippen LogP contribution in [0.3, 0.4) is 0 Å². The van der Waals surface area contributed by atoms with Crippen LogP contribution in [0.5, 0.6) is 0 Å². The lowest BCUT2D eigenvalue weighted by atomic mass is 9.68. The third kappa shape index (κ3) is 5.48. The Bertz CT molecular complexity index is 1010. The van der Waals surface area contributed by atoms with Crippen molar-refractivity contribution >= 4 is 5.96 Å². The van der Waals surface area contributed by atoms with Gasteiger partial charge in [-0.15, -0.1) is 0 Å². The number of fused-ring (bicyclic) bond motifs is 3. The first-order valence-corrected chi connectivity index (χ1v) is 15.0. The Balaban J connectivity index is 1.41. The van der Waals surface area contributed by atoms with Crippen LogP contribution < -0.4 is 11.5 Å². The minimum absolute atomic E-state index is 0.00118. The molecule has 10 heteroatoms. The molecule has 2 aliphatic heterocycles. The van der Waals surface area contributed by atoms with Crippen molar-refractivity contribution in [2.75, 3.05) is 33.5 Å². The molecule has 0 radical (unpaired) electrons. The van der Waals surface area contributed by atoms with E-state index in [9.17, 15) is 10.2 Å². The molecular formula is C30H49N3O7. The van der Waals surface area contributed by atoms with Gasteiger partial charge in [0.2, 0.25) is 0 Å². The zero-order chi connectivity index (χ0) is 28.8. The predicted molar refractivity (Wildman–Crippen MR) is 150 cm³/mol. The summed E-state index contributed by atoms with van der Waals surface area (Å²) in [6.07, 6.45) is 2.34. The maximum atomic E-state index is 12.0. The first kappa shape index (κ1) is 29.9. The molecule has 2 unspecified atom stereocenters. The van der Waals surface area contributed by atoms with E-state index in [1.807, 2.05) is 0 Å². The van der Waals surface area contributed by atoms with Crippen LogP contribution in [0.1, 0.15) is 53.4 Å². The first-order valence-electron chi connectivity index (χ1n) is 15.0.